The molecule has 0 aliphatic carbocycles. The Morgan fingerprint density at radius 1 is 1.07 bits per heavy atom. The molecule has 4 aromatic rings. The Balaban J connectivity index is 1.34. The van der Waals surface area contributed by atoms with Crippen molar-refractivity contribution in [3.05, 3.63) is 78.0 Å². The van der Waals surface area contributed by atoms with E-state index >= 15 is 0 Å². The highest BCUT2D eigenvalue weighted by Crippen LogP contribution is 2.35. The summed E-state index contributed by atoms with van der Waals surface area (Å²) in [7, 11) is 0. The van der Waals surface area contributed by atoms with Gasteiger partial charge in [-0.15, -0.1) is 0 Å². The Morgan fingerprint density at radius 3 is 2.68 bits per heavy atom. The van der Waals surface area contributed by atoms with Gasteiger partial charge in [-0.05, 0) is 79.6 Å². The molecule has 7 nitrogen and oxygen atoms in total. The molecule has 0 bridgehead atoms. The van der Waals surface area contributed by atoms with Crippen LogP contribution in [0.3, 0.4) is 0 Å². The number of benzene rings is 2. The van der Waals surface area contributed by atoms with Crippen LogP contribution in [0.15, 0.2) is 60.9 Å². The van der Waals surface area contributed by atoms with Crippen molar-refractivity contribution in [2.24, 2.45) is 0 Å². The van der Waals surface area contributed by atoms with Gasteiger partial charge in [0.15, 0.2) is 0 Å². The van der Waals surface area contributed by atoms with E-state index < -0.39 is 29.9 Å². The highest BCUT2D eigenvalue weighted by molar-refractivity contribution is 6.13. The van der Waals surface area contributed by atoms with Crippen LogP contribution in [0.4, 0.5) is 28.9 Å². The molecule has 2 atom stereocenters. The fraction of sp³-hybridized carbons (Fsp3) is 0.300. The largest absolute Gasteiger partial charge is 0.452 e. The molecule has 2 aromatic carbocycles. The van der Waals surface area contributed by atoms with Crippen molar-refractivity contribution in [2.45, 2.75) is 50.6 Å². The molecule has 6 rings (SSSR count). The molecule has 2 aromatic heterocycles. The van der Waals surface area contributed by atoms with Crippen molar-refractivity contribution in [1.29, 1.82) is 0 Å². The van der Waals surface area contributed by atoms with Gasteiger partial charge in [0.05, 0.1) is 17.1 Å². The number of carbonyl (C=O) groups excluding carboxylic acids is 2. The number of ketones is 1. The van der Waals surface area contributed by atoms with Gasteiger partial charge in [-0.1, -0.05) is 12.1 Å². The number of pyridine rings is 1. The first-order chi connectivity index (χ1) is 19.7. The zero-order chi connectivity index (χ0) is 28.7. The number of alkyl halides is 3. The van der Waals surface area contributed by atoms with Gasteiger partial charge < -0.3 is 19.9 Å². The van der Waals surface area contributed by atoms with Crippen LogP contribution in [0.25, 0.3) is 22.0 Å². The Bertz CT molecular complexity index is 1640. The number of halogens is 4. The maximum Gasteiger partial charge on any atom is 0.452 e. The highest BCUT2D eigenvalue weighted by atomic mass is 19.4. The third-order valence-electron chi connectivity index (χ3n) is 7.61. The Kier molecular flexibility index (Phi) is 6.98. The van der Waals surface area contributed by atoms with Gasteiger partial charge in [0, 0.05) is 41.3 Å². The molecule has 4 heterocycles. The number of aromatic nitrogens is 2. The van der Waals surface area contributed by atoms with Gasteiger partial charge >= 0.3 is 6.18 Å². The average Bonchev–Trinajstić information content (AvgIpc) is 3.36. The quantitative estimate of drug-likeness (QED) is 0.209. The minimum absolute atomic E-state index is 0.0274. The van der Waals surface area contributed by atoms with Gasteiger partial charge in [0.2, 0.25) is 5.95 Å². The number of nitrogens with one attached hydrogen (secondary N) is 2. The van der Waals surface area contributed by atoms with E-state index in [1.165, 1.54) is 12.3 Å². The summed E-state index contributed by atoms with van der Waals surface area (Å²) >= 11 is 0. The second kappa shape index (κ2) is 10.6. The lowest BCUT2D eigenvalue weighted by Crippen LogP contribution is -2.41. The van der Waals surface area contributed by atoms with Gasteiger partial charge in [-0.25, -0.2) is 4.98 Å². The number of Topliss-reactive ketones (excluding diaryl/α,β-unsaturated/α-hetero) is 1. The Labute approximate surface area is 232 Å². The molecule has 41 heavy (non-hydrogen) atoms. The molecule has 11 heteroatoms. The van der Waals surface area contributed by atoms with E-state index in [0.717, 1.165) is 30.3 Å². The predicted octanol–water partition coefficient (Wildman–Crippen LogP) is 6.65. The van der Waals surface area contributed by atoms with Crippen molar-refractivity contribution in [3.8, 4) is 11.1 Å². The maximum atomic E-state index is 14.5. The van der Waals surface area contributed by atoms with Crippen molar-refractivity contribution in [3.63, 3.8) is 0 Å². The summed E-state index contributed by atoms with van der Waals surface area (Å²) in [6.45, 7) is 0.602. The zero-order valence-electron chi connectivity index (χ0n) is 21.8. The Hall–Kier alpha value is -4.25. The van der Waals surface area contributed by atoms with Crippen molar-refractivity contribution in [2.75, 3.05) is 17.2 Å². The van der Waals surface area contributed by atoms with Crippen molar-refractivity contribution < 1.29 is 31.9 Å². The normalized spacial score (nSPS) is 18.9. The molecule has 0 spiro atoms. The van der Waals surface area contributed by atoms with Crippen molar-refractivity contribution in [1.82, 2.24) is 9.55 Å². The number of fused-ring (bicyclic) bond motifs is 2. The lowest BCUT2D eigenvalue weighted by Gasteiger charge is -2.27. The first kappa shape index (κ1) is 26.9. The third kappa shape index (κ3) is 5.29. The van der Waals surface area contributed by atoms with Crippen LogP contribution in [0.2, 0.25) is 0 Å². The zero-order valence-corrected chi connectivity index (χ0v) is 21.8. The van der Waals surface area contributed by atoms with E-state index in [9.17, 15) is 27.2 Å². The molecule has 2 unspecified atom stereocenters. The van der Waals surface area contributed by atoms with E-state index in [1.807, 2.05) is 10.6 Å². The first-order valence-corrected chi connectivity index (χ1v) is 13.4. The van der Waals surface area contributed by atoms with E-state index in [0.29, 0.717) is 46.5 Å². The van der Waals surface area contributed by atoms with Crippen LogP contribution in [0, 0.1) is 5.95 Å². The number of hydrogen-bond acceptors (Lipinski definition) is 5. The van der Waals surface area contributed by atoms with E-state index in [2.05, 4.69) is 15.6 Å². The molecule has 2 aliphatic heterocycles. The number of aryl methyl sites for hydroxylation is 1. The molecule has 1 fully saturated rings. The Morgan fingerprint density at radius 2 is 1.93 bits per heavy atom. The molecule has 0 saturated carbocycles. The molecule has 1 amide bonds. The van der Waals surface area contributed by atoms with Crippen LogP contribution in [0.1, 0.15) is 47.8 Å². The number of anilines is 2. The molecular formula is C30H26F4N4O3. The van der Waals surface area contributed by atoms with Gasteiger partial charge in [-0.3, -0.25) is 9.59 Å². The topological polar surface area (TPSA) is 85.2 Å². The average molecular weight is 567 g/mol. The molecular weight excluding hydrogens is 540 g/mol. The fourth-order valence-corrected chi connectivity index (χ4v) is 5.55. The van der Waals surface area contributed by atoms with Crippen LogP contribution in [0.5, 0.6) is 0 Å². The fourth-order valence-electron chi connectivity index (χ4n) is 5.55. The molecule has 0 radical (unpaired) electrons. The second-order valence-electron chi connectivity index (χ2n) is 10.3. The van der Waals surface area contributed by atoms with Crippen LogP contribution >= 0.6 is 0 Å². The number of carbonyl (C=O) groups is 2. The standard InChI is InChI=1S/C30H26F4N4O3/c31-28-20(4-3-12-35-28)18-8-11-25-21(14-18)22(16-38(25)26-5-1-2-13-41-26)29(40)36-19-9-6-17-7-10-23(37-24(17)15-19)27(39)30(32,33)34/h3-4,6,8-9,11-12,14-16,23,26,37H,1-2,5,7,10,13H2,(H,36,40). The summed E-state index contributed by atoms with van der Waals surface area (Å²) in [5.41, 5.74) is 3.40. The number of hydrogen-bond donors (Lipinski definition) is 2. The smallest absolute Gasteiger partial charge is 0.375 e. The van der Waals surface area contributed by atoms with Crippen LogP contribution < -0.4 is 10.6 Å². The summed E-state index contributed by atoms with van der Waals surface area (Å²) in [6, 6.07) is 12.1. The number of ether oxygens (including phenoxy) is 1. The number of rotatable bonds is 5. The van der Waals surface area contributed by atoms with Gasteiger partial charge in [-0.2, -0.15) is 17.6 Å². The van der Waals surface area contributed by atoms with Crippen molar-refractivity contribution >= 4 is 34.0 Å². The summed E-state index contributed by atoms with van der Waals surface area (Å²) in [6.07, 6.45) is 0.915. The van der Waals surface area contributed by atoms with Gasteiger partial charge in [0.1, 0.15) is 6.23 Å². The van der Waals surface area contributed by atoms with E-state index in [1.54, 1.807) is 42.6 Å². The number of nitrogens with zero attached hydrogens (tertiary/aromatic N) is 2. The molecule has 1 saturated heterocycles. The van der Waals surface area contributed by atoms with Gasteiger partial charge in [0.25, 0.3) is 11.7 Å². The highest BCUT2D eigenvalue weighted by Gasteiger charge is 2.44. The van der Waals surface area contributed by atoms with E-state index in [-0.39, 0.29) is 12.6 Å². The second-order valence-corrected chi connectivity index (χ2v) is 10.3. The first-order valence-electron chi connectivity index (χ1n) is 13.4. The maximum absolute atomic E-state index is 14.5. The monoisotopic (exact) mass is 566 g/mol. The summed E-state index contributed by atoms with van der Waals surface area (Å²) in [5, 5.41) is 6.10. The SMILES string of the molecule is O=C(Nc1ccc2c(c1)NC(C(=O)C(F)(F)F)CC2)c1cn(C2CCCCO2)c2ccc(-c3cccnc3F)cc12. The molecule has 212 valence electrons. The third-order valence-corrected chi connectivity index (χ3v) is 7.61. The van der Waals surface area contributed by atoms with E-state index in [4.69, 9.17) is 4.74 Å². The summed E-state index contributed by atoms with van der Waals surface area (Å²) < 4.78 is 61.4. The molecule has 2 aliphatic rings. The summed E-state index contributed by atoms with van der Waals surface area (Å²) in [4.78, 5) is 29.2. The predicted molar refractivity (Wildman–Crippen MR) is 145 cm³/mol. The van der Waals surface area contributed by atoms with Crippen LogP contribution in [-0.2, 0) is 16.0 Å². The molecule has 2 N–H and O–H groups in total. The van der Waals surface area contributed by atoms with Crippen LogP contribution in [-0.4, -0.2) is 40.1 Å². The lowest BCUT2D eigenvalue weighted by molar-refractivity contribution is -0.172. The minimum Gasteiger partial charge on any atom is -0.375 e. The lowest BCUT2D eigenvalue weighted by atomic mass is 9.95. The number of amides is 1. The minimum atomic E-state index is -4.94. The summed E-state index contributed by atoms with van der Waals surface area (Å²) in [5.74, 6) is -2.90.